The smallest absolute Gasteiger partial charge is 0.263 e. The summed E-state index contributed by atoms with van der Waals surface area (Å²) in [4.78, 5) is 13.4. The van der Waals surface area contributed by atoms with E-state index in [9.17, 15) is 13.2 Å². The Kier molecular flexibility index (Phi) is 4.77. The van der Waals surface area contributed by atoms with Gasteiger partial charge in [-0.05, 0) is 25.8 Å². The van der Waals surface area contributed by atoms with E-state index in [1.165, 1.54) is 0 Å². The summed E-state index contributed by atoms with van der Waals surface area (Å²) in [7, 11) is -2.88. The van der Waals surface area contributed by atoms with Crippen molar-refractivity contribution in [2.45, 2.75) is 31.5 Å². The molecule has 2 aliphatic heterocycles. The summed E-state index contributed by atoms with van der Waals surface area (Å²) in [6, 6.07) is 0. The zero-order valence-electron chi connectivity index (χ0n) is 10.9. The number of nitrogens with zero attached hydrogens (tertiary/aromatic N) is 1. The van der Waals surface area contributed by atoms with Crippen LogP contribution >= 0.6 is 0 Å². The minimum absolute atomic E-state index is 0.0110. The molecule has 0 aromatic rings. The maximum atomic E-state index is 11.5. The van der Waals surface area contributed by atoms with Gasteiger partial charge in [-0.3, -0.25) is 15.1 Å². The first kappa shape index (κ1) is 14.7. The quantitative estimate of drug-likeness (QED) is 0.378. The van der Waals surface area contributed by atoms with Crippen molar-refractivity contribution in [1.82, 2.24) is 10.3 Å². The molecule has 19 heavy (non-hydrogen) atoms. The molecule has 0 aromatic carbocycles. The van der Waals surface area contributed by atoms with Crippen molar-refractivity contribution >= 4 is 15.7 Å². The summed E-state index contributed by atoms with van der Waals surface area (Å²) in [5, 5.41) is 0. The van der Waals surface area contributed by atoms with Crippen LogP contribution in [0, 0.1) is 0 Å². The minimum Gasteiger partial charge on any atom is -0.364 e. The highest BCUT2D eigenvalue weighted by Crippen LogP contribution is 2.21. The first-order valence-electron chi connectivity index (χ1n) is 6.59. The second kappa shape index (κ2) is 6.17. The molecule has 2 rings (SSSR count). The molecule has 2 heterocycles. The third kappa shape index (κ3) is 4.13. The second-order valence-electron chi connectivity index (χ2n) is 5.14. The number of amides is 1. The molecule has 2 atom stereocenters. The lowest BCUT2D eigenvalue weighted by Gasteiger charge is -2.23. The van der Waals surface area contributed by atoms with Crippen molar-refractivity contribution in [3.63, 3.8) is 0 Å². The SMILES string of the molecule is NNC(=O)C1CCC(CN2CCCS(=O)(=O)CC2)O1. The minimum atomic E-state index is -2.88. The molecule has 3 N–H and O–H groups in total. The predicted octanol–water partition coefficient (Wildman–Crippen LogP) is -1.36. The van der Waals surface area contributed by atoms with Crippen LogP contribution in [-0.4, -0.2) is 62.6 Å². The van der Waals surface area contributed by atoms with Gasteiger partial charge >= 0.3 is 0 Å². The van der Waals surface area contributed by atoms with Gasteiger partial charge in [-0.1, -0.05) is 0 Å². The number of hydrogen-bond donors (Lipinski definition) is 2. The molecule has 1 amide bonds. The maximum absolute atomic E-state index is 11.5. The zero-order chi connectivity index (χ0) is 13.9. The summed E-state index contributed by atoms with van der Waals surface area (Å²) in [5.41, 5.74) is 2.10. The lowest BCUT2D eigenvalue weighted by molar-refractivity contribution is -0.132. The molecule has 2 unspecified atom stereocenters. The summed E-state index contributed by atoms with van der Waals surface area (Å²) in [6.45, 7) is 2.01. The molecule has 110 valence electrons. The number of carbonyl (C=O) groups is 1. The Morgan fingerprint density at radius 3 is 2.84 bits per heavy atom. The van der Waals surface area contributed by atoms with Crippen molar-refractivity contribution in [3.05, 3.63) is 0 Å². The van der Waals surface area contributed by atoms with E-state index in [1.54, 1.807) is 0 Å². The van der Waals surface area contributed by atoms with Crippen molar-refractivity contribution in [2.75, 3.05) is 31.1 Å². The van der Waals surface area contributed by atoms with Gasteiger partial charge in [0, 0.05) is 13.1 Å². The Labute approximate surface area is 113 Å². The molecular weight excluding hydrogens is 270 g/mol. The van der Waals surface area contributed by atoms with Crippen LogP contribution in [0.25, 0.3) is 0 Å². The Bertz CT molecular complexity index is 426. The van der Waals surface area contributed by atoms with Gasteiger partial charge in [0.15, 0.2) is 9.84 Å². The zero-order valence-corrected chi connectivity index (χ0v) is 11.7. The van der Waals surface area contributed by atoms with Gasteiger partial charge in [0.05, 0.1) is 17.6 Å². The van der Waals surface area contributed by atoms with E-state index < -0.39 is 15.9 Å². The third-order valence-corrected chi connectivity index (χ3v) is 5.37. The van der Waals surface area contributed by atoms with Gasteiger partial charge < -0.3 is 4.74 Å². The van der Waals surface area contributed by atoms with Crippen LogP contribution in [-0.2, 0) is 19.4 Å². The van der Waals surface area contributed by atoms with E-state index in [-0.39, 0.29) is 23.5 Å². The van der Waals surface area contributed by atoms with Crippen LogP contribution in [0.5, 0.6) is 0 Å². The molecule has 7 nitrogen and oxygen atoms in total. The first-order valence-corrected chi connectivity index (χ1v) is 8.41. The summed E-state index contributed by atoms with van der Waals surface area (Å²) >= 11 is 0. The largest absolute Gasteiger partial charge is 0.364 e. The second-order valence-corrected chi connectivity index (χ2v) is 7.44. The third-order valence-electron chi connectivity index (χ3n) is 3.65. The van der Waals surface area contributed by atoms with Crippen LogP contribution in [0.2, 0.25) is 0 Å². The van der Waals surface area contributed by atoms with Crippen LogP contribution in [0.1, 0.15) is 19.3 Å². The Balaban J connectivity index is 1.81. The van der Waals surface area contributed by atoms with Crippen LogP contribution in [0.4, 0.5) is 0 Å². The van der Waals surface area contributed by atoms with Crippen molar-refractivity contribution in [2.24, 2.45) is 5.84 Å². The average molecular weight is 291 g/mol. The molecule has 2 fully saturated rings. The van der Waals surface area contributed by atoms with Gasteiger partial charge in [-0.2, -0.15) is 0 Å². The summed E-state index contributed by atoms with van der Waals surface area (Å²) < 4.78 is 28.6. The molecule has 0 radical (unpaired) electrons. The molecule has 2 aliphatic rings. The van der Waals surface area contributed by atoms with Gasteiger partial charge in [0.2, 0.25) is 0 Å². The van der Waals surface area contributed by atoms with E-state index in [1.807, 2.05) is 0 Å². The Morgan fingerprint density at radius 1 is 1.32 bits per heavy atom. The Hall–Kier alpha value is -0.700. The molecule has 0 aliphatic carbocycles. The fraction of sp³-hybridized carbons (Fsp3) is 0.909. The maximum Gasteiger partial charge on any atom is 0.263 e. The number of ether oxygens (including phenoxy) is 1. The van der Waals surface area contributed by atoms with E-state index in [0.717, 1.165) is 13.0 Å². The lowest BCUT2D eigenvalue weighted by atomic mass is 10.2. The predicted molar refractivity (Wildman–Crippen MR) is 69.9 cm³/mol. The number of rotatable bonds is 3. The first-order chi connectivity index (χ1) is 9.00. The van der Waals surface area contributed by atoms with Crippen LogP contribution < -0.4 is 11.3 Å². The van der Waals surface area contributed by atoms with Crippen molar-refractivity contribution < 1.29 is 17.9 Å². The van der Waals surface area contributed by atoms with Gasteiger partial charge in [-0.15, -0.1) is 0 Å². The molecule has 0 saturated carbocycles. The highest BCUT2D eigenvalue weighted by molar-refractivity contribution is 7.91. The van der Waals surface area contributed by atoms with E-state index in [4.69, 9.17) is 10.6 Å². The average Bonchev–Trinajstić information content (AvgIpc) is 2.76. The number of hydrogen-bond acceptors (Lipinski definition) is 6. The lowest BCUT2D eigenvalue weighted by Crippen LogP contribution is -2.40. The van der Waals surface area contributed by atoms with Gasteiger partial charge in [-0.25, -0.2) is 14.3 Å². The van der Waals surface area contributed by atoms with Crippen molar-refractivity contribution in [3.8, 4) is 0 Å². The molecule has 2 saturated heterocycles. The van der Waals surface area contributed by atoms with E-state index in [2.05, 4.69) is 10.3 Å². The molecule has 0 bridgehead atoms. The number of nitrogens with two attached hydrogens (primary N) is 1. The number of nitrogens with one attached hydrogen (secondary N) is 1. The van der Waals surface area contributed by atoms with Crippen molar-refractivity contribution in [1.29, 1.82) is 0 Å². The monoisotopic (exact) mass is 291 g/mol. The number of carbonyl (C=O) groups excluding carboxylic acids is 1. The molecule has 8 heteroatoms. The standard InChI is InChI=1S/C11H21N3O4S/c12-13-11(15)10-3-2-9(18-10)8-14-4-1-6-19(16,17)7-5-14/h9-10H,1-8,12H2,(H,13,15). The van der Waals surface area contributed by atoms with Gasteiger partial charge in [0.25, 0.3) is 5.91 Å². The van der Waals surface area contributed by atoms with Gasteiger partial charge in [0.1, 0.15) is 6.10 Å². The number of hydrazine groups is 1. The molecule has 0 spiro atoms. The number of sulfone groups is 1. The summed E-state index contributed by atoms with van der Waals surface area (Å²) in [6.07, 6.45) is 1.66. The highest BCUT2D eigenvalue weighted by atomic mass is 32.2. The normalized spacial score (nSPS) is 31.8. The van der Waals surface area contributed by atoms with E-state index in [0.29, 0.717) is 25.9 Å². The topological polar surface area (TPSA) is 102 Å². The molecule has 0 aromatic heterocycles. The fourth-order valence-electron chi connectivity index (χ4n) is 2.59. The molecular formula is C11H21N3O4S. The Morgan fingerprint density at radius 2 is 2.11 bits per heavy atom. The van der Waals surface area contributed by atoms with Crippen LogP contribution in [0.15, 0.2) is 0 Å². The highest BCUT2D eigenvalue weighted by Gasteiger charge is 2.32. The summed E-state index contributed by atoms with van der Waals surface area (Å²) in [5.74, 6) is 5.27. The fourth-order valence-corrected chi connectivity index (χ4v) is 3.90. The van der Waals surface area contributed by atoms with Crippen LogP contribution in [0.3, 0.4) is 0 Å². The van der Waals surface area contributed by atoms with E-state index >= 15 is 0 Å².